The maximum Gasteiger partial charge on any atom is 0.311 e. The van der Waals surface area contributed by atoms with Crippen molar-refractivity contribution in [2.45, 2.75) is 13.3 Å². The Hall–Kier alpha value is -1.75. The van der Waals surface area contributed by atoms with E-state index in [9.17, 15) is 4.79 Å². The smallest absolute Gasteiger partial charge is 0.311 e. The summed E-state index contributed by atoms with van der Waals surface area (Å²) in [5.41, 5.74) is 1.93. The first-order chi connectivity index (χ1) is 7.66. The maximum absolute atomic E-state index is 10.6. The minimum Gasteiger partial charge on any atom is -0.481 e. The largest absolute Gasteiger partial charge is 0.481 e. The van der Waals surface area contributed by atoms with Crippen molar-refractivity contribution in [1.82, 2.24) is 9.97 Å². The van der Waals surface area contributed by atoms with E-state index in [1.165, 1.54) is 0 Å². The fraction of sp³-hybridized carbons (Fsp3) is 0.182. The summed E-state index contributed by atoms with van der Waals surface area (Å²) in [5, 5.41) is 10.7. The molecule has 0 radical (unpaired) electrons. The molecule has 2 heterocycles. The molecule has 5 heteroatoms. The van der Waals surface area contributed by atoms with E-state index in [0.717, 1.165) is 16.1 Å². The van der Waals surface area contributed by atoms with Gasteiger partial charge in [-0.2, -0.15) is 0 Å². The number of hydrogen-bond acceptors (Lipinski definition) is 4. The molecule has 0 aliphatic carbocycles. The third-order valence-electron chi connectivity index (χ3n) is 2.11. The van der Waals surface area contributed by atoms with Gasteiger partial charge in [-0.05, 0) is 30.0 Å². The van der Waals surface area contributed by atoms with Crippen LogP contribution in [0.3, 0.4) is 0 Å². The minimum atomic E-state index is -0.917. The van der Waals surface area contributed by atoms with Crippen LogP contribution < -0.4 is 0 Å². The molecule has 0 unspecified atom stereocenters. The fourth-order valence-corrected chi connectivity index (χ4v) is 2.28. The third-order valence-corrected chi connectivity index (χ3v) is 3.15. The Balaban J connectivity index is 2.36. The highest BCUT2D eigenvalue weighted by Crippen LogP contribution is 2.26. The lowest BCUT2D eigenvalue weighted by molar-refractivity contribution is -0.136. The number of aliphatic carboxylic acids is 1. The number of rotatable bonds is 3. The van der Waals surface area contributed by atoms with Gasteiger partial charge in [0.2, 0.25) is 0 Å². The maximum atomic E-state index is 10.6. The van der Waals surface area contributed by atoms with Gasteiger partial charge >= 0.3 is 5.97 Å². The number of nitrogens with zero attached hydrogens (tertiary/aromatic N) is 2. The number of carboxylic acid groups (broad SMARTS) is 1. The second kappa shape index (κ2) is 4.40. The highest BCUT2D eigenvalue weighted by Gasteiger charge is 2.08. The van der Waals surface area contributed by atoms with Crippen molar-refractivity contribution in [2.24, 2.45) is 0 Å². The molecule has 0 saturated carbocycles. The van der Waals surface area contributed by atoms with Crippen LogP contribution in [-0.2, 0) is 11.2 Å². The van der Waals surface area contributed by atoms with E-state index >= 15 is 0 Å². The predicted molar refractivity (Wildman–Crippen MR) is 61.4 cm³/mol. The molecular weight excluding hydrogens is 224 g/mol. The highest BCUT2D eigenvalue weighted by molar-refractivity contribution is 7.13. The summed E-state index contributed by atoms with van der Waals surface area (Å²) in [6, 6.07) is 3.81. The Morgan fingerprint density at radius 3 is 2.94 bits per heavy atom. The van der Waals surface area contributed by atoms with Crippen LogP contribution in [0, 0.1) is 6.92 Å². The lowest BCUT2D eigenvalue weighted by Crippen LogP contribution is -2.05. The minimum absolute atomic E-state index is 0.141. The Morgan fingerprint density at radius 2 is 2.31 bits per heavy atom. The van der Waals surface area contributed by atoms with Crippen molar-refractivity contribution in [1.29, 1.82) is 0 Å². The van der Waals surface area contributed by atoms with Gasteiger partial charge in [-0.25, -0.2) is 9.97 Å². The summed E-state index contributed by atoms with van der Waals surface area (Å²) < 4.78 is 0. The monoisotopic (exact) mass is 234 g/mol. The number of aromatic nitrogens is 2. The summed E-state index contributed by atoms with van der Waals surface area (Å²) in [4.78, 5) is 19.8. The van der Waals surface area contributed by atoms with Crippen molar-refractivity contribution in [2.75, 3.05) is 0 Å². The first kappa shape index (κ1) is 10.8. The van der Waals surface area contributed by atoms with Crippen molar-refractivity contribution < 1.29 is 9.90 Å². The summed E-state index contributed by atoms with van der Waals surface area (Å²) >= 11 is 1.59. The molecule has 82 valence electrons. The quantitative estimate of drug-likeness (QED) is 0.883. The SMILES string of the molecule is Cc1ccsc1-c1ccnc(CC(=O)O)n1. The second-order valence-electron chi connectivity index (χ2n) is 3.36. The molecule has 0 spiro atoms. The van der Waals surface area contributed by atoms with Gasteiger partial charge < -0.3 is 5.11 Å². The summed E-state index contributed by atoms with van der Waals surface area (Å²) in [5.74, 6) is -0.571. The van der Waals surface area contributed by atoms with E-state index in [0.29, 0.717) is 5.82 Å². The number of hydrogen-bond donors (Lipinski definition) is 1. The van der Waals surface area contributed by atoms with E-state index in [1.54, 1.807) is 23.6 Å². The lowest BCUT2D eigenvalue weighted by Gasteiger charge is -2.01. The standard InChI is InChI=1S/C11H10N2O2S/c1-7-3-5-16-11(7)8-2-4-12-9(13-8)6-10(14)15/h2-5H,6H2,1H3,(H,14,15). The van der Waals surface area contributed by atoms with Gasteiger partial charge in [-0.1, -0.05) is 0 Å². The van der Waals surface area contributed by atoms with Crippen LogP contribution in [-0.4, -0.2) is 21.0 Å². The number of aryl methyl sites for hydroxylation is 1. The molecule has 16 heavy (non-hydrogen) atoms. The number of carbonyl (C=O) groups is 1. The molecule has 0 amide bonds. The molecule has 0 atom stereocenters. The third kappa shape index (κ3) is 2.25. The van der Waals surface area contributed by atoms with E-state index in [2.05, 4.69) is 9.97 Å². The topological polar surface area (TPSA) is 63.1 Å². The van der Waals surface area contributed by atoms with Crippen molar-refractivity contribution in [3.63, 3.8) is 0 Å². The molecule has 0 aliphatic rings. The lowest BCUT2D eigenvalue weighted by atomic mass is 10.2. The second-order valence-corrected chi connectivity index (χ2v) is 4.28. The molecule has 2 aromatic heterocycles. The molecular formula is C11H10N2O2S. The Labute approximate surface area is 96.6 Å². The average Bonchev–Trinajstić information content (AvgIpc) is 2.64. The fourth-order valence-electron chi connectivity index (χ4n) is 1.38. The van der Waals surface area contributed by atoms with Crippen LogP contribution in [0.2, 0.25) is 0 Å². The number of carboxylic acids is 1. The molecule has 2 rings (SSSR count). The predicted octanol–water partition coefficient (Wildman–Crippen LogP) is 2.14. The Bertz CT molecular complexity index is 522. The van der Waals surface area contributed by atoms with Crippen molar-refractivity contribution in [3.05, 3.63) is 35.1 Å². The molecule has 0 bridgehead atoms. The highest BCUT2D eigenvalue weighted by atomic mass is 32.1. The first-order valence-corrected chi connectivity index (χ1v) is 5.63. The van der Waals surface area contributed by atoms with Crippen molar-refractivity contribution >= 4 is 17.3 Å². The normalized spacial score (nSPS) is 10.3. The molecule has 4 nitrogen and oxygen atoms in total. The Morgan fingerprint density at radius 1 is 1.50 bits per heavy atom. The average molecular weight is 234 g/mol. The van der Waals surface area contributed by atoms with Gasteiger partial charge in [0.25, 0.3) is 0 Å². The molecule has 1 N–H and O–H groups in total. The summed E-state index contributed by atoms with van der Waals surface area (Å²) in [7, 11) is 0. The van der Waals surface area contributed by atoms with E-state index in [4.69, 9.17) is 5.11 Å². The molecule has 0 fully saturated rings. The zero-order chi connectivity index (χ0) is 11.5. The van der Waals surface area contributed by atoms with E-state index in [1.807, 2.05) is 18.4 Å². The van der Waals surface area contributed by atoms with Crippen LogP contribution in [0.15, 0.2) is 23.7 Å². The van der Waals surface area contributed by atoms with Gasteiger partial charge in [0.1, 0.15) is 12.2 Å². The Kier molecular flexibility index (Phi) is 2.96. The summed E-state index contributed by atoms with van der Waals surface area (Å²) in [6.45, 7) is 2.00. The van der Waals surface area contributed by atoms with E-state index < -0.39 is 5.97 Å². The first-order valence-electron chi connectivity index (χ1n) is 4.75. The van der Waals surface area contributed by atoms with Gasteiger partial charge in [-0.15, -0.1) is 11.3 Å². The van der Waals surface area contributed by atoms with Crippen LogP contribution in [0.1, 0.15) is 11.4 Å². The van der Waals surface area contributed by atoms with Crippen LogP contribution >= 0.6 is 11.3 Å². The van der Waals surface area contributed by atoms with Gasteiger partial charge in [-0.3, -0.25) is 4.79 Å². The van der Waals surface area contributed by atoms with Crippen LogP contribution in [0.4, 0.5) is 0 Å². The van der Waals surface area contributed by atoms with Gasteiger partial charge in [0, 0.05) is 6.20 Å². The zero-order valence-corrected chi connectivity index (χ0v) is 9.49. The zero-order valence-electron chi connectivity index (χ0n) is 8.67. The molecule has 0 saturated heterocycles. The van der Waals surface area contributed by atoms with Crippen LogP contribution in [0.5, 0.6) is 0 Å². The van der Waals surface area contributed by atoms with Crippen LogP contribution in [0.25, 0.3) is 10.6 Å². The molecule has 0 aliphatic heterocycles. The van der Waals surface area contributed by atoms with Gasteiger partial charge in [0.15, 0.2) is 0 Å². The molecule has 0 aromatic carbocycles. The van der Waals surface area contributed by atoms with E-state index in [-0.39, 0.29) is 6.42 Å². The number of thiophene rings is 1. The van der Waals surface area contributed by atoms with Crippen molar-refractivity contribution in [3.8, 4) is 10.6 Å². The molecule has 2 aromatic rings. The van der Waals surface area contributed by atoms with Gasteiger partial charge in [0.05, 0.1) is 10.6 Å². The summed E-state index contributed by atoms with van der Waals surface area (Å²) in [6.07, 6.45) is 1.46.